The highest BCUT2D eigenvalue weighted by molar-refractivity contribution is 6.30. The first kappa shape index (κ1) is 19.4. The number of methoxy groups -OCH3 is 1. The topological polar surface area (TPSA) is 67.9 Å². The maximum Gasteiger partial charge on any atom is 0.262 e. The largest absolute Gasteiger partial charge is 0.481 e. The number of benzene rings is 2. The van der Waals surface area contributed by atoms with E-state index in [2.05, 4.69) is 11.1 Å². The summed E-state index contributed by atoms with van der Waals surface area (Å²) in [5.41, 5.74) is 3.54. The Morgan fingerprint density at radius 1 is 1.00 bits per heavy atom. The molecule has 0 N–H and O–H groups in total. The number of aromatic nitrogens is 2. The van der Waals surface area contributed by atoms with E-state index in [0.717, 1.165) is 11.1 Å². The lowest BCUT2D eigenvalue weighted by molar-refractivity contribution is 0.397. The summed E-state index contributed by atoms with van der Waals surface area (Å²) in [7, 11) is 1.52. The Kier molecular flexibility index (Phi) is 5.34. The summed E-state index contributed by atoms with van der Waals surface area (Å²) in [6, 6.07) is 21.8. The van der Waals surface area contributed by atoms with Gasteiger partial charge >= 0.3 is 0 Å². The zero-order chi connectivity index (χ0) is 21.1. The molecule has 6 heteroatoms. The molecular formula is C24H16ClN3O2. The number of rotatable bonds is 4. The Balaban J connectivity index is 2.04. The van der Waals surface area contributed by atoms with Gasteiger partial charge in [0.25, 0.3) is 5.56 Å². The van der Waals surface area contributed by atoms with Gasteiger partial charge in [-0.15, -0.1) is 0 Å². The van der Waals surface area contributed by atoms with Gasteiger partial charge in [0.05, 0.1) is 24.4 Å². The highest BCUT2D eigenvalue weighted by Crippen LogP contribution is 2.28. The average Bonchev–Trinajstić information content (AvgIpc) is 2.79. The van der Waals surface area contributed by atoms with Gasteiger partial charge in [-0.3, -0.25) is 9.36 Å². The van der Waals surface area contributed by atoms with E-state index in [0.29, 0.717) is 33.3 Å². The quantitative estimate of drug-likeness (QED) is 0.466. The molecule has 0 spiro atoms. The van der Waals surface area contributed by atoms with Gasteiger partial charge in [0.2, 0.25) is 5.88 Å². The maximum atomic E-state index is 13.4. The summed E-state index contributed by atoms with van der Waals surface area (Å²) < 4.78 is 6.74. The van der Waals surface area contributed by atoms with Gasteiger partial charge < -0.3 is 4.74 Å². The van der Waals surface area contributed by atoms with Crippen molar-refractivity contribution in [3.8, 4) is 39.9 Å². The molecular weight excluding hydrogens is 398 g/mol. The highest BCUT2D eigenvalue weighted by Gasteiger charge is 2.14. The van der Waals surface area contributed by atoms with Crippen LogP contribution in [0.4, 0.5) is 0 Å². The van der Waals surface area contributed by atoms with Gasteiger partial charge in [-0.25, -0.2) is 4.98 Å². The minimum Gasteiger partial charge on any atom is -0.481 e. The third kappa shape index (κ3) is 3.69. The normalized spacial score (nSPS) is 10.4. The molecule has 4 aromatic rings. The van der Waals surface area contributed by atoms with Gasteiger partial charge in [0.1, 0.15) is 0 Å². The predicted molar refractivity (Wildman–Crippen MR) is 117 cm³/mol. The van der Waals surface area contributed by atoms with Gasteiger partial charge in [0, 0.05) is 40.2 Å². The molecule has 4 rings (SSSR count). The zero-order valence-electron chi connectivity index (χ0n) is 16.0. The van der Waals surface area contributed by atoms with Gasteiger partial charge in [-0.1, -0.05) is 41.9 Å². The molecule has 0 radical (unpaired) electrons. The van der Waals surface area contributed by atoms with E-state index in [1.165, 1.54) is 11.7 Å². The maximum absolute atomic E-state index is 13.4. The molecule has 0 aliphatic heterocycles. The molecule has 30 heavy (non-hydrogen) atoms. The first-order chi connectivity index (χ1) is 14.6. The lowest BCUT2D eigenvalue weighted by atomic mass is 9.98. The first-order valence-corrected chi connectivity index (χ1v) is 9.51. The molecule has 0 bridgehead atoms. The van der Waals surface area contributed by atoms with Crippen molar-refractivity contribution in [2.24, 2.45) is 0 Å². The van der Waals surface area contributed by atoms with Crippen molar-refractivity contribution in [3.63, 3.8) is 0 Å². The molecule has 2 aromatic heterocycles. The molecule has 0 fully saturated rings. The molecule has 0 unspecified atom stereocenters. The summed E-state index contributed by atoms with van der Waals surface area (Å²) in [5, 5.41) is 10.1. The zero-order valence-corrected chi connectivity index (χ0v) is 16.8. The summed E-state index contributed by atoms with van der Waals surface area (Å²) >= 11 is 6.17. The summed E-state index contributed by atoms with van der Waals surface area (Å²) in [5.74, 6) is 0.395. The van der Waals surface area contributed by atoms with E-state index in [4.69, 9.17) is 16.3 Å². The summed E-state index contributed by atoms with van der Waals surface area (Å²) in [4.78, 5) is 17.5. The second-order valence-electron chi connectivity index (χ2n) is 6.54. The minimum absolute atomic E-state index is 0.219. The van der Waals surface area contributed by atoms with Crippen molar-refractivity contribution in [1.82, 2.24) is 9.55 Å². The van der Waals surface area contributed by atoms with Crippen LogP contribution in [0.25, 0.3) is 27.9 Å². The van der Waals surface area contributed by atoms with Crippen molar-refractivity contribution in [2.75, 3.05) is 7.11 Å². The molecule has 2 aromatic carbocycles. The Bertz CT molecular complexity index is 1340. The van der Waals surface area contributed by atoms with Crippen molar-refractivity contribution < 1.29 is 4.74 Å². The van der Waals surface area contributed by atoms with Crippen LogP contribution in [0.5, 0.6) is 5.88 Å². The second kappa shape index (κ2) is 8.24. The fourth-order valence-electron chi connectivity index (χ4n) is 3.28. The van der Waals surface area contributed by atoms with Gasteiger partial charge in [-0.05, 0) is 35.9 Å². The lowest BCUT2D eigenvalue weighted by Crippen LogP contribution is -2.20. The standard InChI is InChI=1S/C24H16ClN3O2/c1-30-23-13-20(9-10-27-23)28-15-18(21-8-3-2-5-17(21)14-26)12-22(24(28)29)16-6-4-7-19(25)11-16/h2-13,15H,1H3. The van der Waals surface area contributed by atoms with Crippen LogP contribution in [0.2, 0.25) is 5.02 Å². The fourth-order valence-corrected chi connectivity index (χ4v) is 3.47. The van der Waals surface area contributed by atoms with E-state index in [1.54, 1.807) is 54.9 Å². The van der Waals surface area contributed by atoms with Crippen LogP contribution in [-0.4, -0.2) is 16.7 Å². The van der Waals surface area contributed by atoms with Crippen LogP contribution < -0.4 is 10.3 Å². The Morgan fingerprint density at radius 3 is 2.60 bits per heavy atom. The molecule has 0 saturated heterocycles. The summed E-state index contributed by atoms with van der Waals surface area (Å²) in [6.07, 6.45) is 3.30. The number of pyridine rings is 2. The van der Waals surface area contributed by atoms with Gasteiger partial charge in [0.15, 0.2) is 0 Å². The molecule has 0 aliphatic rings. The third-order valence-corrected chi connectivity index (χ3v) is 4.95. The predicted octanol–water partition coefficient (Wildman–Crippen LogP) is 5.10. The van der Waals surface area contributed by atoms with E-state index >= 15 is 0 Å². The molecule has 0 amide bonds. The van der Waals surface area contributed by atoms with Gasteiger partial charge in [-0.2, -0.15) is 5.26 Å². The molecule has 0 saturated carbocycles. The van der Waals surface area contributed by atoms with Crippen molar-refractivity contribution in [3.05, 3.63) is 100 Å². The van der Waals surface area contributed by atoms with Crippen LogP contribution in [0.15, 0.2) is 83.9 Å². The van der Waals surface area contributed by atoms with Crippen LogP contribution in [0.3, 0.4) is 0 Å². The minimum atomic E-state index is -0.219. The number of nitriles is 1. The van der Waals surface area contributed by atoms with Crippen LogP contribution in [-0.2, 0) is 0 Å². The number of hydrogen-bond acceptors (Lipinski definition) is 4. The highest BCUT2D eigenvalue weighted by atomic mass is 35.5. The summed E-state index contributed by atoms with van der Waals surface area (Å²) in [6.45, 7) is 0. The van der Waals surface area contributed by atoms with Crippen molar-refractivity contribution in [1.29, 1.82) is 5.26 Å². The van der Waals surface area contributed by atoms with E-state index in [-0.39, 0.29) is 5.56 Å². The number of nitrogens with zero attached hydrogens (tertiary/aromatic N) is 3. The number of hydrogen-bond donors (Lipinski definition) is 0. The molecule has 146 valence electrons. The van der Waals surface area contributed by atoms with E-state index in [1.807, 2.05) is 24.3 Å². The molecule has 0 aliphatic carbocycles. The van der Waals surface area contributed by atoms with E-state index < -0.39 is 0 Å². The average molecular weight is 414 g/mol. The molecule has 5 nitrogen and oxygen atoms in total. The Morgan fingerprint density at radius 2 is 1.83 bits per heavy atom. The van der Waals surface area contributed by atoms with Crippen LogP contribution in [0.1, 0.15) is 5.56 Å². The molecule has 2 heterocycles. The number of ether oxygens (including phenoxy) is 1. The molecule has 0 atom stereocenters. The van der Waals surface area contributed by atoms with Crippen LogP contribution >= 0.6 is 11.6 Å². The fraction of sp³-hybridized carbons (Fsp3) is 0.0417. The lowest BCUT2D eigenvalue weighted by Gasteiger charge is -2.14. The second-order valence-corrected chi connectivity index (χ2v) is 6.98. The Labute approximate surface area is 178 Å². The van der Waals surface area contributed by atoms with Crippen LogP contribution in [0, 0.1) is 11.3 Å². The monoisotopic (exact) mass is 413 g/mol. The Hall–Kier alpha value is -3.88. The van der Waals surface area contributed by atoms with E-state index in [9.17, 15) is 10.1 Å². The number of halogens is 1. The first-order valence-electron chi connectivity index (χ1n) is 9.13. The SMILES string of the molecule is COc1cc(-n2cc(-c3ccccc3C#N)cc(-c3cccc(Cl)c3)c2=O)ccn1. The van der Waals surface area contributed by atoms with Crippen molar-refractivity contribution >= 4 is 11.6 Å². The third-order valence-electron chi connectivity index (χ3n) is 4.72. The van der Waals surface area contributed by atoms with Crippen molar-refractivity contribution in [2.45, 2.75) is 0 Å². The smallest absolute Gasteiger partial charge is 0.262 e.